The van der Waals surface area contributed by atoms with Crippen LogP contribution in [0, 0.1) is 15.4 Å². The Morgan fingerprint density at radius 2 is 2.00 bits per heavy atom. The fraction of sp³-hybridized carbons (Fsp3) is 0.667. The minimum Gasteiger partial charge on any atom is -0.463 e. The molecule has 8 heteroatoms. The first kappa shape index (κ1) is 18.2. The first-order valence-corrected chi connectivity index (χ1v) is 8.53. The van der Waals surface area contributed by atoms with E-state index in [0.717, 1.165) is 3.57 Å². The number of ether oxygens (including phenoxy) is 3. The van der Waals surface area contributed by atoms with E-state index in [9.17, 15) is 9.59 Å². The summed E-state index contributed by atoms with van der Waals surface area (Å²) in [5, 5.41) is 4.39. The number of nitrogens with zero attached hydrogens (tertiary/aromatic N) is 2. The van der Waals surface area contributed by atoms with Crippen LogP contribution in [-0.4, -0.2) is 40.7 Å². The van der Waals surface area contributed by atoms with Crippen LogP contribution in [0.5, 0.6) is 0 Å². The summed E-state index contributed by atoms with van der Waals surface area (Å²) in [5.74, 6) is -0.824. The van der Waals surface area contributed by atoms with Gasteiger partial charge in [0.1, 0.15) is 12.7 Å². The van der Waals surface area contributed by atoms with Gasteiger partial charge in [-0.1, -0.05) is 13.8 Å². The minimum atomic E-state index is -0.698. The van der Waals surface area contributed by atoms with Crippen molar-refractivity contribution in [2.24, 2.45) is 11.8 Å². The van der Waals surface area contributed by atoms with Crippen LogP contribution < -0.4 is 0 Å². The number of aromatic nitrogens is 2. The van der Waals surface area contributed by atoms with E-state index in [-0.39, 0.29) is 36.6 Å². The summed E-state index contributed by atoms with van der Waals surface area (Å²) in [6.07, 6.45) is 2.65. The zero-order valence-corrected chi connectivity index (χ0v) is 15.7. The monoisotopic (exact) mass is 436 g/mol. The van der Waals surface area contributed by atoms with Gasteiger partial charge in [0.25, 0.3) is 0 Å². The molecule has 1 saturated heterocycles. The van der Waals surface area contributed by atoms with Crippen molar-refractivity contribution in [3.63, 3.8) is 0 Å². The van der Waals surface area contributed by atoms with Gasteiger partial charge in [0.2, 0.25) is 6.29 Å². The van der Waals surface area contributed by atoms with Crippen LogP contribution in [0.25, 0.3) is 0 Å². The number of rotatable bonds is 4. The Morgan fingerprint density at radius 3 is 2.52 bits per heavy atom. The Bertz CT molecular complexity index is 576. The molecule has 0 bridgehead atoms. The van der Waals surface area contributed by atoms with E-state index in [1.54, 1.807) is 6.20 Å². The van der Waals surface area contributed by atoms with E-state index < -0.39 is 12.3 Å². The van der Waals surface area contributed by atoms with Gasteiger partial charge in [0.15, 0.2) is 0 Å². The smallest absolute Gasteiger partial charge is 0.304 e. The zero-order chi connectivity index (χ0) is 17.1. The van der Waals surface area contributed by atoms with Crippen molar-refractivity contribution in [3.8, 4) is 0 Å². The number of esters is 2. The Morgan fingerprint density at radius 1 is 1.30 bits per heavy atom. The molecule has 1 fully saturated rings. The number of hydrogen-bond donors (Lipinski definition) is 0. The summed E-state index contributed by atoms with van der Waals surface area (Å²) in [7, 11) is 0. The van der Waals surface area contributed by atoms with E-state index >= 15 is 0 Å². The fourth-order valence-corrected chi connectivity index (χ4v) is 3.34. The second-order valence-corrected chi connectivity index (χ2v) is 7.05. The lowest BCUT2D eigenvalue weighted by atomic mass is 9.83. The highest BCUT2D eigenvalue weighted by molar-refractivity contribution is 14.1. The summed E-state index contributed by atoms with van der Waals surface area (Å²) in [6.45, 7) is 6.81. The maximum atomic E-state index is 11.3. The van der Waals surface area contributed by atoms with E-state index in [2.05, 4.69) is 27.7 Å². The third kappa shape index (κ3) is 4.43. The van der Waals surface area contributed by atoms with Crippen LogP contribution in [0.15, 0.2) is 12.4 Å². The first-order valence-electron chi connectivity index (χ1n) is 7.45. The van der Waals surface area contributed by atoms with Gasteiger partial charge in [-0.15, -0.1) is 0 Å². The molecule has 7 nitrogen and oxygen atoms in total. The lowest BCUT2D eigenvalue weighted by Gasteiger charge is -2.43. The third-order valence-electron chi connectivity index (χ3n) is 4.01. The highest BCUT2D eigenvalue weighted by Gasteiger charge is 2.44. The molecule has 0 aliphatic carbocycles. The lowest BCUT2D eigenvalue weighted by Crippen LogP contribution is -2.50. The van der Waals surface area contributed by atoms with Crippen LogP contribution >= 0.6 is 22.6 Å². The molecular weight excluding hydrogens is 415 g/mol. The third-order valence-corrected chi connectivity index (χ3v) is 4.57. The highest BCUT2D eigenvalue weighted by atomic mass is 127. The average Bonchev–Trinajstić information content (AvgIpc) is 2.86. The highest BCUT2D eigenvalue weighted by Crippen LogP contribution is 2.39. The van der Waals surface area contributed by atoms with Gasteiger partial charge in [-0.3, -0.25) is 14.3 Å². The van der Waals surface area contributed by atoms with Crippen molar-refractivity contribution < 1.29 is 23.8 Å². The lowest BCUT2D eigenvalue weighted by molar-refractivity contribution is -0.248. The minimum absolute atomic E-state index is 0.0304. The van der Waals surface area contributed by atoms with E-state index in [0.29, 0.717) is 0 Å². The fourth-order valence-electron chi connectivity index (χ4n) is 2.93. The van der Waals surface area contributed by atoms with Gasteiger partial charge in [-0.2, -0.15) is 5.10 Å². The molecular formula is C15H21IN2O5. The number of hydrogen-bond acceptors (Lipinski definition) is 6. The van der Waals surface area contributed by atoms with Gasteiger partial charge in [-0.05, 0) is 22.6 Å². The van der Waals surface area contributed by atoms with Crippen LogP contribution in [-0.2, 0) is 23.8 Å². The van der Waals surface area contributed by atoms with Crippen LogP contribution in [0.3, 0.4) is 0 Å². The molecule has 0 N–H and O–H groups in total. The molecule has 1 aliphatic heterocycles. The molecule has 2 unspecified atom stereocenters. The molecule has 0 saturated carbocycles. The molecule has 2 heterocycles. The predicted octanol–water partition coefficient (Wildman–Crippen LogP) is 2.15. The standard InChI is InChI=1S/C15H21IN2O5/c1-8-13(7-21-10(3)19)23-15(22-11(4)20)9(2)14(8)18-6-12(16)5-17-18/h5-6,8-9,13-15H,7H2,1-4H3/t8-,9?,13?,14-,15+/m0/s1. The van der Waals surface area contributed by atoms with Crippen LogP contribution in [0.1, 0.15) is 33.7 Å². The quantitative estimate of drug-likeness (QED) is 0.532. The van der Waals surface area contributed by atoms with Crippen LogP contribution in [0.4, 0.5) is 0 Å². The Balaban J connectivity index is 2.25. The summed E-state index contributed by atoms with van der Waals surface area (Å²) in [5.41, 5.74) is 0. The maximum Gasteiger partial charge on any atom is 0.304 e. The summed E-state index contributed by atoms with van der Waals surface area (Å²) in [4.78, 5) is 22.4. The summed E-state index contributed by atoms with van der Waals surface area (Å²) < 4.78 is 19.2. The number of halogens is 1. The Kier molecular flexibility index (Phi) is 6.01. The van der Waals surface area contributed by atoms with Gasteiger partial charge in [-0.25, -0.2) is 0 Å². The van der Waals surface area contributed by atoms with Gasteiger partial charge in [0.05, 0.1) is 15.8 Å². The molecule has 0 radical (unpaired) electrons. The van der Waals surface area contributed by atoms with Crippen molar-refractivity contribution in [2.45, 2.75) is 46.1 Å². The average molecular weight is 436 g/mol. The Labute approximate surface area is 148 Å². The maximum absolute atomic E-state index is 11.3. The van der Waals surface area contributed by atoms with Crippen molar-refractivity contribution in [3.05, 3.63) is 16.0 Å². The largest absolute Gasteiger partial charge is 0.463 e. The van der Waals surface area contributed by atoms with E-state index in [4.69, 9.17) is 14.2 Å². The second-order valence-electron chi connectivity index (χ2n) is 5.80. The molecule has 5 atom stereocenters. The molecule has 0 spiro atoms. The molecule has 0 amide bonds. The van der Waals surface area contributed by atoms with Crippen molar-refractivity contribution in [2.75, 3.05) is 6.61 Å². The summed E-state index contributed by atoms with van der Waals surface area (Å²) in [6, 6.07) is -0.0304. The van der Waals surface area contributed by atoms with E-state index in [1.807, 2.05) is 24.7 Å². The van der Waals surface area contributed by atoms with Crippen molar-refractivity contribution in [1.29, 1.82) is 0 Å². The van der Waals surface area contributed by atoms with E-state index in [1.165, 1.54) is 13.8 Å². The van der Waals surface area contributed by atoms with Gasteiger partial charge in [0, 0.05) is 31.9 Å². The molecule has 1 aromatic heterocycles. The molecule has 2 rings (SSSR count). The normalized spacial score (nSPS) is 30.7. The van der Waals surface area contributed by atoms with Gasteiger partial charge >= 0.3 is 11.9 Å². The molecule has 0 aromatic carbocycles. The summed E-state index contributed by atoms with van der Waals surface area (Å²) >= 11 is 2.20. The number of carbonyl (C=O) groups excluding carboxylic acids is 2. The van der Waals surface area contributed by atoms with Crippen molar-refractivity contribution >= 4 is 34.5 Å². The predicted molar refractivity (Wildman–Crippen MR) is 89.4 cm³/mol. The topological polar surface area (TPSA) is 79.7 Å². The molecule has 1 aromatic rings. The first-order chi connectivity index (χ1) is 10.8. The zero-order valence-electron chi connectivity index (χ0n) is 13.6. The number of carbonyl (C=O) groups is 2. The molecule has 128 valence electrons. The van der Waals surface area contributed by atoms with Crippen LogP contribution in [0.2, 0.25) is 0 Å². The second kappa shape index (κ2) is 7.61. The molecule has 1 aliphatic rings. The Hall–Kier alpha value is -1.16. The molecule has 23 heavy (non-hydrogen) atoms. The van der Waals surface area contributed by atoms with Crippen molar-refractivity contribution in [1.82, 2.24) is 9.78 Å². The van der Waals surface area contributed by atoms with Gasteiger partial charge < -0.3 is 14.2 Å². The SMILES string of the molecule is CC(=O)OCC1O[C@@H](OC(C)=O)C(C)[C@@H](n2cc(I)cn2)[C@H]1C.